The Morgan fingerprint density at radius 2 is 1.89 bits per heavy atom. The summed E-state index contributed by atoms with van der Waals surface area (Å²) in [7, 11) is 0. The molecular weight excluding hydrogens is 270 g/mol. The van der Waals surface area contributed by atoms with Crippen molar-refractivity contribution in [2.45, 2.75) is 10.6 Å². The molecule has 2 nitrogen and oxygen atoms in total. The molecule has 0 aliphatic carbocycles. The minimum Gasteiger partial charge on any atom is -0.478 e. The van der Waals surface area contributed by atoms with Crippen molar-refractivity contribution in [3.8, 4) is 0 Å². The van der Waals surface area contributed by atoms with Gasteiger partial charge in [-0.25, -0.2) is 13.6 Å². The lowest BCUT2D eigenvalue weighted by Gasteiger charge is -2.06. The first-order valence-corrected chi connectivity index (χ1v) is 6.45. The fourth-order valence-corrected chi connectivity index (χ4v) is 2.59. The first kappa shape index (κ1) is 13.5. The van der Waals surface area contributed by atoms with Crippen molar-refractivity contribution in [2.75, 3.05) is 0 Å². The Bertz CT molecular complexity index is 614. The Labute approximate surface area is 113 Å². The van der Waals surface area contributed by atoms with E-state index in [4.69, 9.17) is 5.11 Å². The average molecular weight is 280 g/mol. The second-order valence-electron chi connectivity index (χ2n) is 3.83. The molecule has 19 heavy (non-hydrogen) atoms. The van der Waals surface area contributed by atoms with Gasteiger partial charge in [0.1, 0.15) is 11.6 Å². The monoisotopic (exact) mass is 280 g/mol. The maximum Gasteiger partial charge on any atom is 0.336 e. The predicted molar refractivity (Wildman–Crippen MR) is 69.3 cm³/mol. The first-order valence-electron chi connectivity index (χ1n) is 5.47. The fraction of sp³-hybridized carbons (Fsp3) is 0.0714. The van der Waals surface area contributed by atoms with Crippen molar-refractivity contribution in [1.82, 2.24) is 0 Å². The summed E-state index contributed by atoms with van der Waals surface area (Å²) in [6, 6.07) is 9.87. The molecule has 0 unspecified atom stereocenters. The van der Waals surface area contributed by atoms with Gasteiger partial charge in [-0.3, -0.25) is 0 Å². The highest BCUT2D eigenvalue weighted by Gasteiger charge is 2.11. The van der Waals surface area contributed by atoms with Gasteiger partial charge in [-0.1, -0.05) is 18.2 Å². The van der Waals surface area contributed by atoms with E-state index in [1.54, 1.807) is 18.2 Å². The van der Waals surface area contributed by atoms with Gasteiger partial charge in [0.15, 0.2) is 0 Å². The normalized spacial score (nSPS) is 10.4. The number of rotatable bonds is 4. The molecule has 0 aliphatic heterocycles. The number of thioether (sulfide) groups is 1. The molecule has 0 amide bonds. The van der Waals surface area contributed by atoms with Crippen LogP contribution in [0.3, 0.4) is 0 Å². The summed E-state index contributed by atoms with van der Waals surface area (Å²) >= 11 is 1.21. The highest BCUT2D eigenvalue weighted by molar-refractivity contribution is 7.98. The van der Waals surface area contributed by atoms with Crippen LogP contribution in [0.2, 0.25) is 0 Å². The van der Waals surface area contributed by atoms with Gasteiger partial charge in [-0.2, -0.15) is 0 Å². The number of hydrogen-bond donors (Lipinski definition) is 1. The zero-order valence-corrected chi connectivity index (χ0v) is 10.6. The standard InChI is InChI=1S/C14H10F2O2S/c15-10-6-5-9(12(16)7-10)8-19-13-4-2-1-3-11(13)14(17)18/h1-7H,8H2,(H,17,18). The minimum atomic E-state index is -1.03. The van der Waals surface area contributed by atoms with Gasteiger partial charge in [-0.05, 0) is 23.8 Å². The molecule has 5 heteroatoms. The van der Waals surface area contributed by atoms with E-state index in [0.29, 0.717) is 10.5 Å². The van der Waals surface area contributed by atoms with Crippen molar-refractivity contribution in [3.63, 3.8) is 0 Å². The minimum absolute atomic E-state index is 0.176. The van der Waals surface area contributed by atoms with Crippen LogP contribution in [0.1, 0.15) is 15.9 Å². The molecule has 1 N–H and O–H groups in total. The summed E-state index contributed by atoms with van der Waals surface area (Å²) in [6.45, 7) is 0. The number of aromatic carboxylic acids is 1. The highest BCUT2D eigenvalue weighted by Crippen LogP contribution is 2.27. The molecule has 2 aromatic rings. The summed E-state index contributed by atoms with van der Waals surface area (Å²) in [5, 5.41) is 9.02. The summed E-state index contributed by atoms with van der Waals surface area (Å²) in [4.78, 5) is 11.6. The lowest BCUT2D eigenvalue weighted by Crippen LogP contribution is -1.98. The molecule has 0 heterocycles. The van der Waals surface area contributed by atoms with E-state index >= 15 is 0 Å². The van der Waals surface area contributed by atoms with Crippen LogP contribution in [0.4, 0.5) is 8.78 Å². The summed E-state index contributed by atoms with van der Waals surface area (Å²) in [6.07, 6.45) is 0. The first-order chi connectivity index (χ1) is 9.08. The SMILES string of the molecule is O=C(O)c1ccccc1SCc1ccc(F)cc1F. The van der Waals surface area contributed by atoms with E-state index in [2.05, 4.69) is 0 Å². The van der Waals surface area contributed by atoms with E-state index in [9.17, 15) is 13.6 Å². The second-order valence-corrected chi connectivity index (χ2v) is 4.84. The van der Waals surface area contributed by atoms with Crippen LogP contribution >= 0.6 is 11.8 Å². The van der Waals surface area contributed by atoms with Crippen molar-refractivity contribution in [2.24, 2.45) is 0 Å². The molecule has 98 valence electrons. The Kier molecular flexibility index (Phi) is 4.16. The zero-order valence-electron chi connectivity index (χ0n) is 9.77. The number of hydrogen-bond acceptors (Lipinski definition) is 2. The van der Waals surface area contributed by atoms with Crippen molar-refractivity contribution >= 4 is 17.7 Å². The van der Waals surface area contributed by atoms with Gasteiger partial charge in [0.05, 0.1) is 5.56 Å². The highest BCUT2D eigenvalue weighted by atomic mass is 32.2. The Morgan fingerprint density at radius 3 is 2.58 bits per heavy atom. The molecule has 0 bridgehead atoms. The van der Waals surface area contributed by atoms with Crippen LogP contribution in [0, 0.1) is 11.6 Å². The van der Waals surface area contributed by atoms with E-state index in [0.717, 1.165) is 6.07 Å². The fourth-order valence-electron chi connectivity index (χ4n) is 1.56. The molecule has 2 rings (SSSR count). The molecule has 0 radical (unpaired) electrons. The lowest BCUT2D eigenvalue weighted by atomic mass is 10.2. The predicted octanol–water partition coefficient (Wildman–Crippen LogP) is 3.96. The van der Waals surface area contributed by atoms with E-state index in [-0.39, 0.29) is 11.3 Å². The molecule has 0 saturated carbocycles. The van der Waals surface area contributed by atoms with Gasteiger partial charge in [0, 0.05) is 16.7 Å². The molecule has 0 saturated heterocycles. The average Bonchev–Trinajstić information content (AvgIpc) is 2.38. The summed E-state index contributed by atoms with van der Waals surface area (Å²) in [5.41, 5.74) is 0.515. The molecular formula is C14H10F2O2S. The number of benzene rings is 2. The largest absolute Gasteiger partial charge is 0.478 e. The topological polar surface area (TPSA) is 37.3 Å². The van der Waals surface area contributed by atoms with Gasteiger partial charge < -0.3 is 5.11 Å². The van der Waals surface area contributed by atoms with Crippen LogP contribution in [0.25, 0.3) is 0 Å². The van der Waals surface area contributed by atoms with Crippen LogP contribution in [-0.2, 0) is 5.75 Å². The zero-order chi connectivity index (χ0) is 13.8. The van der Waals surface area contributed by atoms with Gasteiger partial charge in [-0.15, -0.1) is 11.8 Å². The lowest BCUT2D eigenvalue weighted by molar-refractivity contribution is 0.0693. The van der Waals surface area contributed by atoms with E-state index in [1.807, 2.05) is 0 Å². The Morgan fingerprint density at radius 1 is 1.16 bits per heavy atom. The van der Waals surface area contributed by atoms with E-state index in [1.165, 1.54) is 30.0 Å². The Balaban J connectivity index is 2.17. The molecule has 0 atom stereocenters. The number of carboxylic acids is 1. The van der Waals surface area contributed by atoms with Crippen LogP contribution in [0.5, 0.6) is 0 Å². The van der Waals surface area contributed by atoms with Gasteiger partial charge in [0.25, 0.3) is 0 Å². The van der Waals surface area contributed by atoms with Crippen molar-refractivity contribution < 1.29 is 18.7 Å². The van der Waals surface area contributed by atoms with Gasteiger partial charge in [0.2, 0.25) is 0 Å². The number of halogens is 2. The maximum atomic E-state index is 13.4. The molecule has 0 aliphatic rings. The van der Waals surface area contributed by atoms with Crippen LogP contribution < -0.4 is 0 Å². The summed E-state index contributed by atoms with van der Waals surface area (Å²) < 4.78 is 26.2. The molecule has 0 fully saturated rings. The molecule has 2 aromatic carbocycles. The third kappa shape index (κ3) is 3.32. The number of carbonyl (C=O) groups is 1. The quantitative estimate of drug-likeness (QED) is 0.861. The molecule has 0 spiro atoms. The second kappa shape index (κ2) is 5.84. The van der Waals surface area contributed by atoms with Crippen LogP contribution in [-0.4, -0.2) is 11.1 Å². The Hall–Kier alpha value is -1.88. The summed E-state index contributed by atoms with van der Waals surface area (Å²) in [5.74, 6) is -2.03. The maximum absolute atomic E-state index is 13.4. The van der Waals surface area contributed by atoms with Crippen molar-refractivity contribution in [3.05, 3.63) is 65.2 Å². The van der Waals surface area contributed by atoms with E-state index < -0.39 is 17.6 Å². The van der Waals surface area contributed by atoms with Gasteiger partial charge >= 0.3 is 5.97 Å². The molecule has 0 aromatic heterocycles. The smallest absolute Gasteiger partial charge is 0.336 e. The van der Waals surface area contributed by atoms with Crippen LogP contribution in [0.15, 0.2) is 47.4 Å². The number of carboxylic acid groups (broad SMARTS) is 1. The van der Waals surface area contributed by atoms with Crippen molar-refractivity contribution in [1.29, 1.82) is 0 Å². The third-order valence-electron chi connectivity index (χ3n) is 2.52. The third-order valence-corrected chi connectivity index (χ3v) is 3.64.